The largest absolute Gasteiger partial charge is 0.295 e. The first-order valence-corrected chi connectivity index (χ1v) is 10.1. The number of benzene rings is 2. The number of rotatable bonds is 6. The normalized spacial score (nSPS) is 17.4. The van der Waals surface area contributed by atoms with Gasteiger partial charge >= 0.3 is 0 Å². The van der Waals surface area contributed by atoms with E-state index in [1.807, 2.05) is 6.07 Å². The Morgan fingerprint density at radius 3 is 2.43 bits per heavy atom. The van der Waals surface area contributed by atoms with E-state index in [1.54, 1.807) is 24.3 Å². The van der Waals surface area contributed by atoms with Crippen molar-refractivity contribution in [2.75, 3.05) is 7.05 Å². The number of likely N-dealkylation sites (tertiary alicyclic amines) is 1. The first-order valence-electron chi connectivity index (χ1n) is 8.69. The second-order valence-corrected chi connectivity index (χ2v) is 8.63. The molecule has 1 aliphatic heterocycles. The molecule has 2 amide bonds. The van der Waals surface area contributed by atoms with Crippen LogP contribution in [0.1, 0.15) is 29.3 Å². The van der Waals surface area contributed by atoms with E-state index in [4.69, 9.17) is 0 Å². The van der Waals surface area contributed by atoms with Crippen molar-refractivity contribution in [3.8, 4) is 0 Å². The summed E-state index contributed by atoms with van der Waals surface area (Å²) in [6.07, 6.45) is -0.214. The molecular formula is C20H20N2O5S. The number of amides is 2. The first kappa shape index (κ1) is 19.9. The molecule has 0 radical (unpaired) electrons. The van der Waals surface area contributed by atoms with Crippen LogP contribution in [-0.2, 0) is 26.2 Å². The molecule has 146 valence electrons. The predicted octanol–water partition coefficient (Wildman–Crippen LogP) is 1.84. The summed E-state index contributed by atoms with van der Waals surface area (Å²) in [7, 11) is -2.77. The van der Waals surface area contributed by atoms with Crippen LogP contribution in [-0.4, -0.2) is 48.3 Å². The predicted molar refractivity (Wildman–Crippen MR) is 102 cm³/mol. The number of carbonyl (C=O) groups excluding carboxylic acids is 3. The van der Waals surface area contributed by atoms with Gasteiger partial charge in [-0.3, -0.25) is 19.3 Å². The average Bonchev–Trinajstić information content (AvgIpc) is 2.96. The van der Waals surface area contributed by atoms with Crippen molar-refractivity contribution in [1.29, 1.82) is 0 Å². The van der Waals surface area contributed by atoms with Gasteiger partial charge in [-0.05, 0) is 24.6 Å². The van der Waals surface area contributed by atoms with Gasteiger partial charge in [-0.15, -0.1) is 0 Å². The van der Waals surface area contributed by atoms with Crippen LogP contribution >= 0.6 is 0 Å². The van der Waals surface area contributed by atoms with Crippen LogP contribution in [0, 0.1) is 0 Å². The number of sulfonamides is 1. The van der Waals surface area contributed by atoms with Crippen LogP contribution in [0.15, 0.2) is 59.5 Å². The van der Waals surface area contributed by atoms with E-state index in [1.165, 1.54) is 38.2 Å². The molecule has 1 saturated heterocycles. The van der Waals surface area contributed by atoms with E-state index in [0.717, 1.165) is 14.8 Å². The van der Waals surface area contributed by atoms with Gasteiger partial charge in [-0.2, -0.15) is 4.31 Å². The number of imide groups is 1. The second kappa shape index (κ2) is 7.65. The third-order valence-corrected chi connectivity index (χ3v) is 6.62. The minimum absolute atomic E-state index is 0.0931. The Bertz CT molecular complexity index is 1030. The van der Waals surface area contributed by atoms with Gasteiger partial charge in [-0.25, -0.2) is 8.42 Å². The zero-order valence-electron chi connectivity index (χ0n) is 15.5. The van der Waals surface area contributed by atoms with Crippen molar-refractivity contribution in [3.63, 3.8) is 0 Å². The third-order valence-electron chi connectivity index (χ3n) is 4.76. The summed E-state index contributed by atoms with van der Waals surface area (Å²) in [5.41, 5.74) is 1.04. The standard InChI is InChI=1S/C20H20N2O5S/c1-14(23)16-9-6-10-17(11-16)28(26,27)21(2)18-12-19(24)22(20(18)25)13-15-7-4-3-5-8-15/h3-11,18H,12-13H2,1-2H3/t18-/m1/s1. The zero-order chi connectivity index (χ0) is 20.5. The number of likely N-dealkylation sites (N-methyl/N-ethyl adjacent to an activating group) is 1. The highest BCUT2D eigenvalue weighted by atomic mass is 32.2. The van der Waals surface area contributed by atoms with Gasteiger partial charge in [0.25, 0.3) is 0 Å². The molecule has 1 aliphatic rings. The Morgan fingerprint density at radius 2 is 1.79 bits per heavy atom. The van der Waals surface area contributed by atoms with E-state index in [-0.39, 0.29) is 29.2 Å². The lowest BCUT2D eigenvalue weighted by molar-refractivity contribution is -0.139. The SMILES string of the molecule is CC(=O)c1cccc(S(=O)(=O)N(C)[C@@H]2CC(=O)N(Cc3ccccc3)C2=O)c1. The maximum absolute atomic E-state index is 12.9. The van der Waals surface area contributed by atoms with Gasteiger partial charge in [-0.1, -0.05) is 42.5 Å². The molecule has 28 heavy (non-hydrogen) atoms. The highest BCUT2D eigenvalue weighted by Crippen LogP contribution is 2.25. The van der Waals surface area contributed by atoms with Gasteiger partial charge in [0.1, 0.15) is 6.04 Å². The molecule has 1 heterocycles. The summed E-state index contributed by atoms with van der Waals surface area (Å²) in [5.74, 6) is -1.23. The summed E-state index contributed by atoms with van der Waals surface area (Å²) in [6, 6.07) is 13.5. The quantitative estimate of drug-likeness (QED) is 0.545. The maximum Gasteiger partial charge on any atom is 0.248 e. The Morgan fingerprint density at radius 1 is 1.11 bits per heavy atom. The summed E-state index contributed by atoms with van der Waals surface area (Å²) < 4.78 is 26.8. The molecule has 3 rings (SSSR count). The maximum atomic E-state index is 12.9. The number of hydrogen-bond donors (Lipinski definition) is 0. The lowest BCUT2D eigenvalue weighted by atomic mass is 10.2. The van der Waals surface area contributed by atoms with E-state index in [0.29, 0.717) is 0 Å². The molecule has 2 aromatic rings. The zero-order valence-corrected chi connectivity index (χ0v) is 16.3. The topological polar surface area (TPSA) is 91.8 Å². The molecule has 0 N–H and O–H groups in total. The van der Waals surface area contributed by atoms with Crippen LogP contribution in [0.2, 0.25) is 0 Å². The van der Waals surface area contributed by atoms with Gasteiger partial charge in [0.15, 0.2) is 5.78 Å². The van der Waals surface area contributed by atoms with E-state index in [9.17, 15) is 22.8 Å². The minimum atomic E-state index is -4.05. The molecule has 0 spiro atoms. The fourth-order valence-electron chi connectivity index (χ4n) is 3.09. The smallest absolute Gasteiger partial charge is 0.248 e. The summed E-state index contributed by atoms with van der Waals surface area (Å²) in [5, 5.41) is 0. The lowest BCUT2D eigenvalue weighted by Crippen LogP contribution is -2.42. The lowest BCUT2D eigenvalue weighted by Gasteiger charge is -2.23. The molecule has 8 heteroatoms. The van der Waals surface area contributed by atoms with Gasteiger partial charge in [0.2, 0.25) is 21.8 Å². The second-order valence-electron chi connectivity index (χ2n) is 6.63. The molecule has 2 aromatic carbocycles. The summed E-state index contributed by atoms with van der Waals surface area (Å²) in [6.45, 7) is 1.44. The molecule has 0 aromatic heterocycles. The van der Waals surface area contributed by atoms with Crippen molar-refractivity contribution in [1.82, 2.24) is 9.21 Å². The van der Waals surface area contributed by atoms with Crippen LogP contribution in [0.3, 0.4) is 0 Å². The number of nitrogens with zero attached hydrogens (tertiary/aromatic N) is 2. The first-order chi connectivity index (χ1) is 13.2. The van der Waals surface area contributed by atoms with Crippen molar-refractivity contribution in [2.45, 2.75) is 30.8 Å². The van der Waals surface area contributed by atoms with Crippen molar-refractivity contribution in [2.24, 2.45) is 0 Å². The monoisotopic (exact) mass is 400 g/mol. The number of carbonyl (C=O) groups is 3. The molecule has 1 atom stereocenters. The molecule has 1 fully saturated rings. The fourth-order valence-corrected chi connectivity index (χ4v) is 4.45. The Kier molecular flexibility index (Phi) is 5.44. The Balaban J connectivity index is 1.85. The van der Waals surface area contributed by atoms with E-state index < -0.39 is 27.9 Å². The van der Waals surface area contributed by atoms with Crippen LogP contribution in [0.25, 0.3) is 0 Å². The molecular weight excluding hydrogens is 380 g/mol. The molecule has 7 nitrogen and oxygen atoms in total. The van der Waals surface area contributed by atoms with Gasteiger partial charge in [0.05, 0.1) is 17.9 Å². The van der Waals surface area contributed by atoms with Gasteiger partial charge in [0, 0.05) is 12.6 Å². The number of ketones is 1. The number of hydrogen-bond acceptors (Lipinski definition) is 5. The summed E-state index contributed by atoms with van der Waals surface area (Å²) >= 11 is 0. The molecule has 0 unspecified atom stereocenters. The third kappa shape index (κ3) is 3.74. The highest BCUT2D eigenvalue weighted by molar-refractivity contribution is 7.89. The number of Topliss-reactive ketones (excluding diaryl/α,β-unsaturated/α-hetero) is 1. The van der Waals surface area contributed by atoms with E-state index in [2.05, 4.69) is 0 Å². The van der Waals surface area contributed by atoms with Crippen molar-refractivity contribution in [3.05, 3.63) is 65.7 Å². The molecule has 0 bridgehead atoms. The highest BCUT2D eigenvalue weighted by Gasteiger charge is 2.44. The average molecular weight is 400 g/mol. The van der Waals surface area contributed by atoms with Crippen LogP contribution in [0.4, 0.5) is 0 Å². The molecule has 0 aliphatic carbocycles. The minimum Gasteiger partial charge on any atom is -0.295 e. The fraction of sp³-hybridized carbons (Fsp3) is 0.250. The van der Waals surface area contributed by atoms with Crippen LogP contribution < -0.4 is 0 Å². The van der Waals surface area contributed by atoms with Gasteiger partial charge < -0.3 is 0 Å². The Labute approximate surface area is 163 Å². The van der Waals surface area contributed by atoms with E-state index >= 15 is 0 Å². The summed E-state index contributed by atoms with van der Waals surface area (Å²) in [4.78, 5) is 37.6. The molecule has 0 saturated carbocycles. The van der Waals surface area contributed by atoms with Crippen LogP contribution in [0.5, 0.6) is 0 Å². The Hall–Kier alpha value is -2.84. The van der Waals surface area contributed by atoms with Crippen molar-refractivity contribution < 1.29 is 22.8 Å². The van der Waals surface area contributed by atoms with Crippen molar-refractivity contribution >= 4 is 27.6 Å².